The van der Waals surface area contributed by atoms with Crippen molar-refractivity contribution >= 4 is 11.7 Å². The number of esters is 1. The number of anilines is 1. The number of hydrogen-bond acceptors (Lipinski definition) is 5. The molecule has 2 saturated heterocycles. The second-order valence-electron chi connectivity index (χ2n) is 5.30. The second kappa shape index (κ2) is 5.99. The van der Waals surface area contributed by atoms with Gasteiger partial charge in [-0.2, -0.15) is 0 Å². The van der Waals surface area contributed by atoms with Gasteiger partial charge in [-0.1, -0.05) is 0 Å². The number of halogens is 1. The van der Waals surface area contributed by atoms with Crippen LogP contribution in [0.3, 0.4) is 0 Å². The molecule has 2 aliphatic rings. The molecule has 0 saturated carbocycles. The van der Waals surface area contributed by atoms with Gasteiger partial charge in [-0.05, 0) is 31.0 Å². The zero-order valence-electron chi connectivity index (χ0n) is 11.9. The normalized spacial score (nSPS) is 20.2. The first-order valence-electron chi connectivity index (χ1n) is 7.05. The van der Waals surface area contributed by atoms with E-state index >= 15 is 0 Å². The molecule has 1 aromatic rings. The molecule has 21 heavy (non-hydrogen) atoms. The number of benzene rings is 1. The van der Waals surface area contributed by atoms with Crippen LogP contribution < -0.4 is 4.90 Å². The van der Waals surface area contributed by atoms with E-state index in [2.05, 4.69) is 9.64 Å². The van der Waals surface area contributed by atoms with E-state index < -0.39 is 11.8 Å². The fourth-order valence-corrected chi connectivity index (χ4v) is 2.82. The van der Waals surface area contributed by atoms with Gasteiger partial charge in [0.2, 0.25) is 0 Å². The molecule has 0 aliphatic carbocycles. The summed E-state index contributed by atoms with van der Waals surface area (Å²) in [6.45, 7) is 2.04. The Morgan fingerprint density at radius 1 is 1.33 bits per heavy atom. The molecular weight excluding hydrogens is 277 g/mol. The molecule has 3 rings (SSSR count). The van der Waals surface area contributed by atoms with Gasteiger partial charge in [0.05, 0.1) is 12.7 Å². The van der Waals surface area contributed by atoms with Crippen LogP contribution in [0.2, 0.25) is 0 Å². The number of nitrogens with zero attached hydrogens (tertiary/aromatic N) is 1. The third-order valence-electron chi connectivity index (χ3n) is 4.11. The Kier molecular flexibility index (Phi) is 4.07. The van der Waals surface area contributed by atoms with Gasteiger partial charge in [0.15, 0.2) is 13.1 Å². The van der Waals surface area contributed by atoms with Gasteiger partial charge < -0.3 is 19.1 Å². The van der Waals surface area contributed by atoms with Crippen LogP contribution in [0.15, 0.2) is 18.2 Å². The monoisotopic (exact) mass is 295 g/mol. The largest absolute Gasteiger partial charge is 0.465 e. The lowest BCUT2D eigenvalue weighted by atomic mass is 9.95. The average Bonchev–Trinajstić information content (AvgIpc) is 2.45. The van der Waals surface area contributed by atoms with Crippen LogP contribution in [0.1, 0.15) is 23.2 Å². The van der Waals surface area contributed by atoms with E-state index in [0.717, 1.165) is 31.6 Å². The van der Waals surface area contributed by atoms with Crippen molar-refractivity contribution in [2.24, 2.45) is 5.92 Å². The van der Waals surface area contributed by atoms with Crippen molar-refractivity contribution in [2.45, 2.75) is 19.1 Å². The standard InChI is InChI=1S/C15H18FNO4/c1-19-14(18)12-3-2-11(8-13(12)16)17-6-4-10(5-7-17)15-20-9-21-15/h2-3,8,10,15H,4-7,9H2,1H3. The minimum Gasteiger partial charge on any atom is -0.465 e. The molecule has 2 aliphatic heterocycles. The Labute approximate surface area is 122 Å². The highest BCUT2D eigenvalue weighted by Gasteiger charge is 2.32. The summed E-state index contributed by atoms with van der Waals surface area (Å²) in [4.78, 5) is 13.5. The molecule has 0 aromatic heterocycles. The highest BCUT2D eigenvalue weighted by atomic mass is 19.1. The van der Waals surface area contributed by atoms with Crippen LogP contribution in [0.5, 0.6) is 0 Å². The first kappa shape index (κ1) is 14.3. The molecule has 0 atom stereocenters. The maximum Gasteiger partial charge on any atom is 0.340 e. The third-order valence-corrected chi connectivity index (χ3v) is 4.11. The van der Waals surface area contributed by atoms with E-state index in [9.17, 15) is 9.18 Å². The summed E-state index contributed by atoms with van der Waals surface area (Å²) < 4.78 is 29.2. The van der Waals surface area contributed by atoms with Crippen LogP contribution in [0.25, 0.3) is 0 Å². The smallest absolute Gasteiger partial charge is 0.340 e. The summed E-state index contributed by atoms with van der Waals surface area (Å²) in [5.41, 5.74) is 0.751. The topological polar surface area (TPSA) is 48.0 Å². The Bertz CT molecular complexity index is 524. The fraction of sp³-hybridized carbons (Fsp3) is 0.533. The van der Waals surface area contributed by atoms with E-state index in [1.807, 2.05) is 0 Å². The SMILES string of the molecule is COC(=O)c1ccc(N2CCC(C3OCO3)CC2)cc1F. The molecule has 0 N–H and O–H groups in total. The predicted octanol–water partition coefficient (Wildman–Crippen LogP) is 2.16. The molecule has 2 fully saturated rings. The second-order valence-corrected chi connectivity index (χ2v) is 5.30. The highest BCUT2D eigenvalue weighted by molar-refractivity contribution is 5.90. The van der Waals surface area contributed by atoms with Gasteiger partial charge in [-0.15, -0.1) is 0 Å². The van der Waals surface area contributed by atoms with Crippen LogP contribution in [-0.4, -0.2) is 39.3 Å². The Balaban J connectivity index is 1.65. The number of piperidine rings is 1. The molecule has 6 heteroatoms. The summed E-state index contributed by atoms with van der Waals surface area (Å²) in [7, 11) is 1.24. The summed E-state index contributed by atoms with van der Waals surface area (Å²) in [6, 6.07) is 4.62. The van der Waals surface area contributed by atoms with E-state index in [4.69, 9.17) is 9.47 Å². The quantitative estimate of drug-likeness (QED) is 0.800. The molecule has 0 radical (unpaired) electrons. The number of methoxy groups -OCH3 is 1. The Morgan fingerprint density at radius 3 is 2.57 bits per heavy atom. The van der Waals surface area contributed by atoms with Crippen molar-refractivity contribution in [2.75, 3.05) is 31.9 Å². The van der Waals surface area contributed by atoms with Crippen LogP contribution >= 0.6 is 0 Å². The zero-order valence-corrected chi connectivity index (χ0v) is 11.9. The van der Waals surface area contributed by atoms with Gasteiger partial charge >= 0.3 is 5.97 Å². The minimum atomic E-state index is -0.656. The van der Waals surface area contributed by atoms with Crippen molar-refractivity contribution in [3.05, 3.63) is 29.6 Å². The summed E-state index contributed by atoms with van der Waals surface area (Å²) in [5.74, 6) is -0.793. The fourth-order valence-electron chi connectivity index (χ4n) is 2.82. The lowest BCUT2D eigenvalue weighted by Gasteiger charge is -2.40. The van der Waals surface area contributed by atoms with Crippen LogP contribution in [0, 0.1) is 11.7 Å². The Hall–Kier alpha value is -1.66. The summed E-state index contributed by atoms with van der Waals surface area (Å²) in [5, 5.41) is 0. The van der Waals surface area contributed by atoms with Crippen LogP contribution in [0.4, 0.5) is 10.1 Å². The number of carbonyl (C=O) groups excluding carboxylic acids is 1. The molecule has 0 bridgehead atoms. The first-order chi connectivity index (χ1) is 10.2. The molecule has 1 aromatic carbocycles. The third kappa shape index (κ3) is 2.87. The van der Waals surface area contributed by atoms with Crippen LogP contribution in [-0.2, 0) is 14.2 Å². The van der Waals surface area contributed by atoms with Gasteiger partial charge in [0.25, 0.3) is 0 Å². The van der Waals surface area contributed by atoms with E-state index in [0.29, 0.717) is 12.7 Å². The molecule has 114 valence electrons. The average molecular weight is 295 g/mol. The molecular formula is C15H18FNO4. The van der Waals surface area contributed by atoms with Gasteiger partial charge in [0, 0.05) is 24.7 Å². The lowest BCUT2D eigenvalue weighted by molar-refractivity contribution is -0.341. The van der Waals surface area contributed by atoms with Crippen molar-refractivity contribution in [1.82, 2.24) is 0 Å². The van der Waals surface area contributed by atoms with E-state index in [1.54, 1.807) is 6.07 Å². The maximum absolute atomic E-state index is 13.9. The number of carbonyl (C=O) groups is 1. The van der Waals surface area contributed by atoms with Gasteiger partial charge in [-0.3, -0.25) is 0 Å². The number of hydrogen-bond donors (Lipinski definition) is 0. The highest BCUT2D eigenvalue weighted by Crippen LogP contribution is 2.30. The zero-order chi connectivity index (χ0) is 14.8. The lowest BCUT2D eigenvalue weighted by Crippen LogP contribution is -2.44. The van der Waals surface area contributed by atoms with E-state index in [-0.39, 0.29) is 11.9 Å². The first-order valence-corrected chi connectivity index (χ1v) is 7.05. The minimum absolute atomic E-state index is 0.0348. The van der Waals surface area contributed by atoms with E-state index in [1.165, 1.54) is 19.2 Å². The molecule has 0 unspecified atom stereocenters. The van der Waals surface area contributed by atoms with Gasteiger partial charge in [0.1, 0.15) is 5.82 Å². The number of rotatable bonds is 3. The molecule has 2 heterocycles. The summed E-state index contributed by atoms with van der Waals surface area (Å²) in [6.07, 6.45) is 1.83. The van der Waals surface area contributed by atoms with Crippen molar-refractivity contribution in [3.63, 3.8) is 0 Å². The summed E-state index contributed by atoms with van der Waals surface area (Å²) >= 11 is 0. The van der Waals surface area contributed by atoms with Gasteiger partial charge in [-0.25, -0.2) is 9.18 Å². The molecule has 0 spiro atoms. The Morgan fingerprint density at radius 2 is 2.05 bits per heavy atom. The van der Waals surface area contributed by atoms with Crippen molar-refractivity contribution < 1.29 is 23.4 Å². The van der Waals surface area contributed by atoms with Crippen molar-refractivity contribution in [1.29, 1.82) is 0 Å². The number of ether oxygens (including phenoxy) is 3. The predicted molar refractivity (Wildman–Crippen MR) is 73.5 cm³/mol. The van der Waals surface area contributed by atoms with Crippen molar-refractivity contribution in [3.8, 4) is 0 Å². The molecule has 5 nitrogen and oxygen atoms in total. The maximum atomic E-state index is 13.9. The molecule has 0 amide bonds.